The van der Waals surface area contributed by atoms with Crippen molar-refractivity contribution in [3.63, 3.8) is 0 Å². The van der Waals surface area contributed by atoms with Crippen molar-refractivity contribution < 1.29 is 8.78 Å². The summed E-state index contributed by atoms with van der Waals surface area (Å²) in [5.74, 6) is 0.0401. The van der Waals surface area contributed by atoms with Crippen molar-refractivity contribution >= 4 is 11.6 Å². The van der Waals surface area contributed by atoms with Crippen molar-refractivity contribution in [3.8, 4) is 0 Å². The van der Waals surface area contributed by atoms with Gasteiger partial charge in [0.15, 0.2) is 5.96 Å². The zero-order valence-electron chi connectivity index (χ0n) is 15.8. The van der Waals surface area contributed by atoms with Gasteiger partial charge in [0, 0.05) is 45.0 Å². The average Bonchev–Trinajstić information content (AvgIpc) is 3.08. The van der Waals surface area contributed by atoms with Crippen molar-refractivity contribution in [1.29, 1.82) is 0 Å². The predicted octanol–water partition coefficient (Wildman–Crippen LogP) is 2.26. The Hall–Kier alpha value is -2.64. The van der Waals surface area contributed by atoms with Crippen LogP contribution in [0.4, 0.5) is 14.5 Å². The molecule has 1 aliphatic heterocycles. The van der Waals surface area contributed by atoms with Crippen LogP contribution in [0.1, 0.15) is 12.5 Å². The number of halogens is 2. The Morgan fingerprint density at radius 3 is 2.67 bits per heavy atom. The molecule has 0 saturated carbocycles. The molecular formula is C19H26F2N6. The summed E-state index contributed by atoms with van der Waals surface area (Å²) in [7, 11) is 0. The van der Waals surface area contributed by atoms with E-state index >= 15 is 0 Å². The molecule has 1 aromatic carbocycles. The van der Waals surface area contributed by atoms with E-state index in [4.69, 9.17) is 0 Å². The maximum absolute atomic E-state index is 14.0. The zero-order chi connectivity index (χ0) is 19.2. The second-order valence-corrected chi connectivity index (χ2v) is 6.59. The molecule has 1 saturated heterocycles. The third kappa shape index (κ3) is 4.96. The molecule has 2 heterocycles. The molecule has 1 N–H and O–H groups in total. The van der Waals surface area contributed by atoms with Crippen LogP contribution in [0.25, 0.3) is 0 Å². The van der Waals surface area contributed by atoms with Gasteiger partial charge in [0.2, 0.25) is 0 Å². The molecule has 1 aromatic heterocycles. The van der Waals surface area contributed by atoms with Gasteiger partial charge in [0.1, 0.15) is 11.6 Å². The quantitative estimate of drug-likeness (QED) is 0.642. The number of piperazine rings is 1. The number of anilines is 1. The number of nitrogens with zero attached hydrogens (tertiary/aromatic N) is 5. The lowest BCUT2D eigenvalue weighted by atomic mass is 10.2. The number of hydrogen-bond acceptors (Lipinski definition) is 3. The molecule has 2 aromatic rings. The van der Waals surface area contributed by atoms with Crippen LogP contribution in [0.5, 0.6) is 0 Å². The van der Waals surface area contributed by atoms with Gasteiger partial charge in [-0.15, -0.1) is 0 Å². The molecule has 0 atom stereocenters. The summed E-state index contributed by atoms with van der Waals surface area (Å²) in [6, 6.07) is 3.59. The summed E-state index contributed by atoms with van der Waals surface area (Å²) in [6.45, 7) is 8.79. The predicted molar refractivity (Wildman–Crippen MR) is 103 cm³/mol. The topological polar surface area (TPSA) is 48.7 Å². The zero-order valence-corrected chi connectivity index (χ0v) is 15.8. The number of nitrogens with one attached hydrogen (secondary N) is 1. The van der Waals surface area contributed by atoms with E-state index < -0.39 is 5.82 Å². The molecule has 0 unspecified atom stereocenters. The first kappa shape index (κ1) is 19.1. The van der Waals surface area contributed by atoms with E-state index in [1.165, 1.54) is 12.1 Å². The number of aliphatic imine (C=N–C) groups is 1. The summed E-state index contributed by atoms with van der Waals surface area (Å²) in [4.78, 5) is 8.73. The van der Waals surface area contributed by atoms with Gasteiger partial charge in [-0.1, -0.05) is 0 Å². The maximum atomic E-state index is 14.0. The number of guanidine groups is 1. The van der Waals surface area contributed by atoms with E-state index in [1.807, 2.05) is 35.8 Å². The van der Waals surface area contributed by atoms with Gasteiger partial charge in [-0.25, -0.2) is 8.78 Å². The van der Waals surface area contributed by atoms with Crippen LogP contribution in [0.3, 0.4) is 0 Å². The lowest BCUT2D eigenvalue weighted by Gasteiger charge is -2.37. The summed E-state index contributed by atoms with van der Waals surface area (Å²) in [5.41, 5.74) is 1.46. The largest absolute Gasteiger partial charge is 0.366 e. The van der Waals surface area contributed by atoms with Crippen molar-refractivity contribution in [1.82, 2.24) is 20.0 Å². The van der Waals surface area contributed by atoms with Gasteiger partial charge in [-0.2, -0.15) is 5.10 Å². The summed E-state index contributed by atoms with van der Waals surface area (Å²) in [5, 5.41) is 7.58. The minimum atomic E-state index is -0.419. The molecular weight excluding hydrogens is 350 g/mol. The molecule has 0 bridgehead atoms. The molecule has 6 nitrogen and oxygen atoms in total. The molecule has 146 valence electrons. The number of aromatic nitrogens is 2. The fourth-order valence-corrected chi connectivity index (χ4v) is 3.16. The fourth-order valence-electron chi connectivity index (χ4n) is 3.16. The highest BCUT2D eigenvalue weighted by Gasteiger charge is 2.22. The van der Waals surface area contributed by atoms with E-state index in [0.717, 1.165) is 30.7 Å². The first-order valence-corrected chi connectivity index (χ1v) is 9.29. The smallest absolute Gasteiger partial charge is 0.194 e. The number of hydrogen-bond donors (Lipinski definition) is 1. The SMILES string of the molecule is CCNC(=NCCn1cc(C)cn1)N1CCN(c2cc(F)ccc2F)CC1. The van der Waals surface area contributed by atoms with Gasteiger partial charge in [-0.05, 0) is 31.5 Å². The van der Waals surface area contributed by atoms with Crippen LogP contribution in [0.2, 0.25) is 0 Å². The monoisotopic (exact) mass is 376 g/mol. The minimum absolute atomic E-state index is 0.325. The molecule has 0 amide bonds. The van der Waals surface area contributed by atoms with E-state index in [1.54, 1.807) is 0 Å². The Labute approximate surface area is 158 Å². The Morgan fingerprint density at radius 1 is 1.22 bits per heavy atom. The Bertz CT molecular complexity index is 780. The van der Waals surface area contributed by atoms with E-state index in [2.05, 4.69) is 20.3 Å². The Kier molecular flexibility index (Phi) is 6.26. The van der Waals surface area contributed by atoms with Crippen LogP contribution in [-0.2, 0) is 6.54 Å². The summed E-state index contributed by atoms with van der Waals surface area (Å²) >= 11 is 0. The highest BCUT2D eigenvalue weighted by molar-refractivity contribution is 5.80. The lowest BCUT2D eigenvalue weighted by Crippen LogP contribution is -2.52. The van der Waals surface area contributed by atoms with E-state index in [0.29, 0.717) is 38.4 Å². The average molecular weight is 376 g/mol. The highest BCUT2D eigenvalue weighted by atomic mass is 19.1. The summed E-state index contributed by atoms with van der Waals surface area (Å²) in [6.07, 6.45) is 3.83. The second-order valence-electron chi connectivity index (χ2n) is 6.59. The van der Waals surface area contributed by atoms with E-state index in [-0.39, 0.29) is 5.82 Å². The molecule has 3 rings (SSSR count). The number of aryl methyl sites for hydroxylation is 1. The van der Waals surface area contributed by atoms with Crippen LogP contribution in [-0.4, -0.2) is 59.9 Å². The lowest BCUT2D eigenvalue weighted by molar-refractivity contribution is 0.370. The van der Waals surface area contributed by atoms with Gasteiger partial charge in [0.25, 0.3) is 0 Å². The van der Waals surface area contributed by atoms with Gasteiger partial charge < -0.3 is 15.1 Å². The van der Waals surface area contributed by atoms with Crippen LogP contribution in [0, 0.1) is 18.6 Å². The van der Waals surface area contributed by atoms with Crippen molar-refractivity contribution in [2.24, 2.45) is 4.99 Å². The second kappa shape index (κ2) is 8.83. The van der Waals surface area contributed by atoms with Gasteiger partial charge in [0.05, 0.1) is 25.0 Å². The molecule has 1 aliphatic rings. The number of benzene rings is 1. The van der Waals surface area contributed by atoms with E-state index in [9.17, 15) is 8.78 Å². The van der Waals surface area contributed by atoms with Gasteiger partial charge in [-0.3, -0.25) is 9.67 Å². The number of rotatable bonds is 5. The standard InChI is InChI=1S/C19H26F2N6/c1-3-22-19(23-6-7-27-14-15(2)13-24-27)26-10-8-25(9-11-26)18-12-16(20)4-5-17(18)21/h4-5,12-14H,3,6-11H2,1-2H3,(H,22,23). The van der Waals surface area contributed by atoms with Gasteiger partial charge >= 0.3 is 0 Å². The van der Waals surface area contributed by atoms with Crippen molar-refractivity contribution in [2.45, 2.75) is 20.4 Å². The molecule has 1 fully saturated rings. The summed E-state index contributed by atoms with van der Waals surface area (Å²) < 4.78 is 29.3. The van der Waals surface area contributed by atoms with Crippen LogP contribution < -0.4 is 10.2 Å². The first-order chi connectivity index (χ1) is 13.1. The van der Waals surface area contributed by atoms with Crippen molar-refractivity contribution in [2.75, 3.05) is 44.2 Å². The Balaban J connectivity index is 1.59. The highest BCUT2D eigenvalue weighted by Crippen LogP contribution is 2.21. The molecule has 27 heavy (non-hydrogen) atoms. The van der Waals surface area contributed by atoms with Crippen molar-refractivity contribution in [3.05, 3.63) is 47.8 Å². The third-order valence-electron chi connectivity index (χ3n) is 4.52. The normalized spacial score (nSPS) is 15.3. The Morgan fingerprint density at radius 2 is 2.00 bits per heavy atom. The van der Waals surface area contributed by atoms with Crippen LogP contribution >= 0.6 is 0 Å². The minimum Gasteiger partial charge on any atom is -0.366 e. The fraction of sp³-hybridized carbons (Fsp3) is 0.474. The first-order valence-electron chi connectivity index (χ1n) is 9.29. The maximum Gasteiger partial charge on any atom is 0.194 e. The molecule has 8 heteroatoms. The third-order valence-corrected chi connectivity index (χ3v) is 4.52. The molecule has 0 spiro atoms. The molecule has 0 radical (unpaired) electrons. The molecule has 0 aliphatic carbocycles. The van der Waals surface area contributed by atoms with Crippen LogP contribution in [0.15, 0.2) is 35.6 Å².